The second-order valence-electron chi connectivity index (χ2n) is 4.79. The first kappa shape index (κ1) is 12.5. The number of aromatic nitrogens is 3. The summed E-state index contributed by atoms with van der Waals surface area (Å²) in [6, 6.07) is -0.362. The summed E-state index contributed by atoms with van der Waals surface area (Å²) in [4.78, 5) is 23.8. The Hall–Kier alpha value is -1.96. The molecule has 2 heterocycles. The van der Waals surface area contributed by atoms with E-state index in [1.807, 2.05) is 13.8 Å². The second-order valence-corrected chi connectivity index (χ2v) is 4.79. The van der Waals surface area contributed by atoms with Crippen LogP contribution in [0.4, 0.5) is 4.79 Å². The molecule has 1 saturated heterocycles. The average molecular weight is 252 g/mol. The summed E-state index contributed by atoms with van der Waals surface area (Å²) in [5.41, 5.74) is 6.00. The number of hydrogen-bond acceptors (Lipinski definition) is 5. The van der Waals surface area contributed by atoms with Crippen LogP contribution in [0, 0.1) is 0 Å². The van der Waals surface area contributed by atoms with Crippen molar-refractivity contribution in [2.24, 2.45) is 5.73 Å². The lowest BCUT2D eigenvalue weighted by Crippen LogP contribution is -2.34. The van der Waals surface area contributed by atoms with Gasteiger partial charge in [0.1, 0.15) is 5.69 Å². The Morgan fingerprint density at radius 3 is 2.67 bits per heavy atom. The van der Waals surface area contributed by atoms with Crippen LogP contribution in [-0.2, 0) is 16.9 Å². The molecule has 1 aliphatic heterocycles. The van der Waals surface area contributed by atoms with E-state index in [0.29, 0.717) is 12.2 Å². The topological polar surface area (TPSA) is 106 Å². The fourth-order valence-corrected chi connectivity index (χ4v) is 1.59. The van der Waals surface area contributed by atoms with Gasteiger partial charge in [-0.25, -0.2) is 4.79 Å². The van der Waals surface area contributed by atoms with Gasteiger partial charge in [-0.1, -0.05) is 5.21 Å². The summed E-state index contributed by atoms with van der Waals surface area (Å²) in [6.45, 7) is 4.41. The van der Waals surface area contributed by atoms with Crippen LogP contribution in [0.5, 0.6) is 0 Å². The molecule has 0 aliphatic carbocycles. The molecule has 2 rings (SSSR count). The van der Waals surface area contributed by atoms with Gasteiger partial charge < -0.3 is 11.1 Å². The van der Waals surface area contributed by atoms with Crippen molar-refractivity contribution in [2.75, 3.05) is 13.1 Å². The quantitative estimate of drug-likeness (QED) is 0.670. The first-order valence-corrected chi connectivity index (χ1v) is 5.65. The van der Waals surface area contributed by atoms with E-state index in [0.717, 1.165) is 4.90 Å². The molecule has 98 valence electrons. The smallest absolute Gasteiger partial charge is 0.324 e. The van der Waals surface area contributed by atoms with Gasteiger partial charge in [0.2, 0.25) is 5.91 Å². The second kappa shape index (κ2) is 4.37. The first-order valence-electron chi connectivity index (χ1n) is 5.65. The van der Waals surface area contributed by atoms with Crippen molar-refractivity contribution in [3.63, 3.8) is 0 Å². The molecule has 8 heteroatoms. The summed E-state index contributed by atoms with van der Waals surface area (Å²) >= 11 is 0. The lowest BCUT2D eigenvalue weighted by atomic mass is 10.0. The Kier molecular flexibility index (Phi) is 3.04. The maximum Gasteiger partial charge on any atom is 0.324 e. The zero-order valence-corrected chi connectivity index (χ0v) is 10.4. The number of rotatable bonds is 4. The summed E-state index contributed by atoms with van der Waals surface area (Å²) in [5.74, 6) is -0.223. The molecule has 1 fully saturated rings. The van der Waals surface area contributed by atoms with Gasteiger partial charge in [-0.05, 0) is 13.8 Å². The molecular weight excluding hydrogens is 236 g/mol. The summed E-state index contributed by atoms with van der Waals surface area (Å²) < 4.78 is 1.57. The molecule has 0 saturated carbocycles. The standard InChI is InChI=1S/C10H16N6O2/c1-10(2,11)7-6-15(14-13-7)3-4-16-8(17)5-12-9(16)18/h6H,3-5,11H2,1-2H3,(H,12,18). The molecule has 18 heavy (non-hydrogen) atoms. The minimum atomic E-state index is -0.556. The maximum atomic E-state index is 11.3. The molecule has 0 radical (unpaired) electrons. The van der Waals surface area contributed by atoms with E-state index >= 15 is 0 Å². The molecule has 0 bridgehead atoms. The van der Waals surface area contributed by atoms with Crippen molar-refractivity contribution < 1.29 is 9.59 Å². The molecule has 0 spiro atoms. The Balaban J connectivity index is 1.97. The predicted molar refractivity (Wildman–Crippen MR) is 62.3 cm³/mol. The number of imide groups is 1. The summed E-state index contributed by atoms with van der Waals surface area (Å²) in [6.07, 6.45) is 1.72. The van der Waals surface area contributed by atoms with Gasteiger partial charge in [-0.15, -0.1) is 5.10 Å². The van der Waals surface area contributed by atoms with Crippen LogP contribution < -0.4 is 11.1 Å². The molecule has 0 atom stereocenters. The number of amides is 3. The lowest BCUT2D eigenvalue weighted by molar-refractivity contribution is -0.125. The third-order valence-corrected chi connectivity index (χ3v) is 2.69. The molecule has 3 N–H and O–H groups in total. The van der Waals surface area contributed by atoms with Gasteiger partial charge in [-0.2, -0.15) is 0 Å². The highest BCUT2D eigenvalue weighted by molar-refractivity contribution is 6.01. The third kappa shape index (κ3) is 2.48. The Bertz CT molecular complexity index is 459. The van der Waals surface area contributed by atoms with E-state index in [2.05, 4.69) is 15.6 Å². The fraction of sp³-hybridized carbons (Fsp3) is 0.600. The van der Waals surface area contributed by atoms with E-state index < -0.39 is 5.54 Å². The van der Waals surface area contributed by atoms with Crippen LogP contribution in [-0.4, -0.2) is 44.9 Å². The highest BCUT2D eigenvalue weighted by Crippen LogP contribution is 2.12. The molecule has 1 aliphatic rings. The largest absolute Gasteiger partial charge is 0.329 e. The van der Waals surface area contributed by atoms with Crippen LogP contribution in [0.2, 0.25) is 0 Å². The van der Waals surface area contributed by atoms with Gasteiger partial charge in [0.15, 0.2) is 0 Å². The average Bonchev–Trinajstić information content (AvgIpc) is 2.84. The SMILES string of the molecule is CC(C)(N)c1cn(CCN2C(=O)CNC2=O)nn1. The summed E-state index contributed by atoms with van der Waals surface area (Å²) in [7, 11) is 0. The van der Waals surface area contributed by atoms with Crippen molar-refractivity contribution in [3.8, 4) is 0 Å². The molecule has 0 unspecified atom stereocenters. The number of nitrogens with two attached hydrogens (primary N) is 1. The van der Waals surface area contributed by atoms with Crippen LogP contribution in [0.1, 0.15) is 19.5 Å². The summed E-state index contributed by atoms with van der Waals surface area (Å²) in [5, 5.41) is 10.3. The van der Waals surface area contributed by atoms with Crippen molar-refractivity contribution in [3.05, 3.63) is 11.9 Å². The van der Waals surface area contributed by atoms with E-state index in [4.69, 9.17) is 5.73 Å². The van der Waals surface area contributed by atoms with Gasteiger partial charge in [0, 0.05) is 0 Å². The van der Waals surface area contributed by atoms with Crippen LogP contribution >= 0.6 is 0 Å². The first-order chi connectivity index (χ1) is 8.38. The minimum absolute atomic E-state index is 0.0667. The highest BCUT2D eigenvalue weighted by atomic mass is 16.2. The maximum absolute atomic E-state index is 11.3. The van der Waals surface area contributed by atoms with Crippen LogP contribution in [0.15, 0.2) is 6.20 Å². The lowest BCUT2D eigenvalue weighted by Gasteiger charge is -2.13. The van der Waals surface area contributed by atoms with Crippen LogP contribution in [0.3, 0.4) is 0 Å². The number of carbonyl (C=O) groups is 2. The number of nitrogens with zero attached hydrogens (tertiary/aromatic N) is 4. The fourth-order valence-electron chi connectivity index (χ4n) is 1.59. The third-order valence-electron chi connectivity index (χ3n) is 2.69. The minimum Gasteiger partial charge on any atom is -0.329 e. The number of nitrogens with one attached hydrogen (secondary N) is 1. The van der Waals surface area contributed by atoms with E-state index in [9.17, 15) is 9.59 Å². The number of urea groups is 1. The zero-order chi connectivity index (χ0) is 13.3. The molecule has 8 nitrogen and oxygen atoms in total. The monoisotopic (exact) mass is 252 g/mol. The number of hydrogen-bond donors (Lipinski definition) is 2. The number of carbonyl (C=O) groups excluding carboxylic acids is 2. The highest BCUT2D eigenvalue weighted by Gasteiger charge is 2.28. The van der Waals surface area contributed by atoms with Crippen molar-refractivity contribution in [1.82, 2.24) is 25.2 Å². The molecule has 3 amide bonds. The Morgan fingerprint density at radius 2 is 2.17 bits per heavy atom. The molecular formula is C10H16N6O2. The Labute approximate surface area is 104 Å². The van der Waals surface area contributed by atoms with Gasteiger partial charge in [-0.3, -0.25) is 14.4 Å². The zero-order valence-electron chi connectivity index (χ0n) is 10.4. The molecule has 0 aromatic carbocycles. The van der Waals surface area contributed by atoms with E-state index in [1.54, 1.807) is 10.9 Å². The van der Waals surface area contributed by atoms with Crippen molar-refractivity contribution >= 4 is 11.9 Å². The van der Waals surface area contributed by atoms with E-state index in [-0.39, 0.29) is 25.0 Å². The van der Waals surface area contributed by atoms with Crippen molar-refractivity contribution in [2.45, 2.75) is 25.9 Å². The Morgan fingerprint density at radius 1 is 1.44 bits per heavy atom. The van der Waals surface area contributed by atoms with Gasteiger partial charge >= 0.3 is 6.03 Å². The normalized spacial score (nSPS) is 16.3. The molecule has 1 aromatic heterocycles. The van der Waals surface area contributed by atoms with Gasteiger partial charge in [0.05, 0.1) is 31.4 Å². The van der Waals surface area contributed by atoms with E-state index in [1.165, 1.54) is 0 Å². The predicted octanol–water partition coefficient (Wildman–Crippen LogP) is -0.976. The molecule has 1 aromatic rings. The van der Waals surface area contributed by atoms with Gasteiger partial charge in [0.25, 0.3) is 0 Å². The van der Waals surface area contributed by atoms with Crippen LogP contribution in [0.25, 0.3) is 0 Å². The van der Waals surface area contributed by atoms with Crippen molar-refractivity contribution in [1.29, 1.82) is 0 Å².